The molecule has 0 N–H and O–H groups in total. The Kier molecular flexibility index (Phi) is 3.51. The Morgan fingerprint density at radius 2 is 2.12 bits per heavy atom. The second kappa shape index (κ2) is 4.89. The van der Waals surface area contributed by atoms with Crippen LogP contribution in [-0.4, -0.2) is 10.8 Å². The predicted molar refractivity (Wildman–Crippen MR) is 69.4 cm³/mol. The van der Waals surface area contributed by atoms with Crippen molar-refractivity contribution in [1.82, 2.24) is 4.98 Å². The molecule has 2 aromatic rings. The van der Waals surface area contributed by atoms with E-state index < -0.39 is 0 Å². The minimum atomic E-state index is 0.134. The zero-order valence-electron chi connectivity index (χ0n) is 9.32. The maximum Gasteiger partial charge on any atom is 0.169 e. The van der Waals surface area contributed by atoms with Crippen molar-refractivity contribution in [3.63, 3.8) is 0 Å². The largest absolute Gasteiger partial charge is 0.294 e. The standard InChI is InChI=1S/C12H13NOS2/c1-3-4-12-13-7-11(16-12)10-6-5-9(15-10)8(2)14/h5-7H,3-4H2,1-2H3. The molecule has 0 aromatic carbocycles. The Bertz CT molecular complexity index is 499. The molecule has 16 heavy (non-hydrogen) atoms. The number of hydrogen-bond donors (Lipinski definition) is 0. The molecular weight excluding hydrogens is 238 g/mol. The van der Waals surface area contributed by atoms with Crippen molar-refractivity contribution in [2.24, 2.45) is 0 Å². The van der Waals surface area contributed by atoms with Crippen molar-refractivity contribution in [3.8, 4) is 9.75 Å². The lowest BCUT2D eigenvalue weighted by molar-refractivity contribution is 0.102. The average Bonchev–Trinajstić information content (AvgIpc) is 2.84. The molecule has 2 aromatic heterocycles. The minimum Gasteiger partial charge on any atom is -0.294 e. The summed E-state index contributed by atoms with van der Waals surface area (Å²) >= 11 is 3.27. The fourth-order valence-corrected chi connectivity index (χ4v) is 3.41. The lowest BCUT2D eigenvalue weighted by Crippen LogP contribution is -1.83. The lowest BCUT2D eigenvalue weighted by Gasteiger charge is -1.89. The van der Waals surface area contributed by atoms with Crippen LogP contribution >= 0.6 is 22.7 Å². The topological polar surface area (TPSA) is 30.0 Å². The van der Waals surface area contributed by atoms with E-state index in [0.717, 1.165) is 22.6 Å². The van der Waals surface area contributed by atoms with Gasteiger partial charge in [-0.1, -0.05) is 6.92 Å². The number of Topliss-reactive ketones (excluding diaryl/α,β-unsaturated/α-hetero) is 1. The summed E-state index contributed by atoms with van der Waals surface area (Å²) in [5.41, 5.74) is 0. The van der Waals surface area contributed by atoms with Crippen molar-refractivity contribution < 1.29 is 4.79 Å². The van der Waals surface area contributed by atoms with Crippen molar-refractivity contribution in [3.05, 3.63) is 28.2 Å². The molecule has 0 radical (unpaired) electrons. The molecule has 0 fully saturated rings. The molecule has 0 unspecified atom stereocenters. The van der Waals surface area contributed by atoms with Crippen LogP contribution in [0.1, 0.15) is 34.9 Å². The summed E-state index contributed by atoms with van der Waals surface area (Å²) in [4.78, 5) is 18.7. The fourth-order valence-electron chi connectivity index (χ4n) is 1.41. The molecule has 2 nitrogen and oxygen atoms in total. The van der Waals surface area contributed by atoms with Gasteiger partial charge in [-0.15, -0.1) is 22.7 Å². The van der Waals surface area contributed by atoms with Crippen LogP contribution in [0.15, 0.2) is 18.3 Å². The van der Waals surface area contributed by atoms with Gasteiger partial charge in [0, 0.05) is 11.1 Å². The number of nitrogens with zero attached hydrogens (tertiary/aromatic N) is 1. The van der Waals surface area contributed by atoms with Gasteiger partial charge in [0.2, 0.25) is 0 Å². The summed E-state index contributed by atoms with van der Waals surface area (Å²) in [5, 5.41) is 1.18. The molecule has 4 heteroatoms. The molecule has 0 bridgehead atoms. The van der Waals surface area contributed by atoms with Gasteiger partial charge in [-0.2, -0.15) is 0 Å². The molecule has 0 amide bonds. The van der Waals surface area contributed by atoms with Crippen LogP contribution in [0, 0.1) is 0 Å². The maximum atomic E-state index is 11.2. The second-order valence-electron chi connectivity index (χ2n) is 3.59. The summed E-state index contributed by atoms with van der Waals surface area (Å²) in [6.07, 6.45) is 4.07. The first-order valence-electron chi connectivity index (χ1n) is 5.26. The molecule has 2 rings (SSSR count). The Balaban J connectivity index is 2.24. The Labute approximate surface area is 103 Å². The first kappa shape index (κ1) is 11.5. The highest BCUT2D eigenvalue weighted by atomic mass is 32.1. The van der Waals surface area contributed by atoms with Crippen LogP contribution < -0.4 is 0 Å². The molecule has 0 saturated heterocycles. The van der Waals surface area contributed by atoms with E-state index in [9.17, 15) is 4.79 Å². The smallest absolute Gasteiger partial charge is 0.169 e. The van der Waals surface area contributed by atoms with Crippen LogP contribution in [0.3, 0.4) is 0 Å². The summed E-state index contributed by atoms with van der Waals surface area (Å²) in [7, 11) is 0. The maximum absolute atomic E-state index is 11.2. The number of rotatable bonds is 4. The van der Waals surface area contributed by atoms with E-state index in [1.54, 1.807) is 29.6 Å². The number of thiophene rings is 1. The van der Waals surface area contributed by atoms with E-state index in [0.29, 0.717) is 0 Å². The van der Waals surface area contributed by atoms with Gasteiger partial charge < -0.3 is 0 Å². The summed E-state index contributed by atoms with van der Waals surface area (Å²) in [5.74, 6) is 0.134. The van der Waals surface area contributed by atoms with Gasteiger partial charge in [0.25, 0.3) is 0 Å². The molecule has 2 heterocycles. The summed E-state index contributed by atoms with van der Waals surface area (Å²) in [6, 6.07) is 3.90. The number of ketones is 1. The fraction of sp³-hybridized carbons (Fsp3) is 0.333. The molecule has 84 valence electrons. The third-order valence-electron chi connectivity index (χ3n) is 2.21. The van der Waals surface area contributed by atoms with Crippen LogP contribution in [-0.2, 0) is 6.42 Å². The highest BCUT2D eigenvalue weighted by Gasteiger charge is 2.09. The summed E-state index contributed by atoms with van der Waals surface area (Å²) < 4.78 is 0. The monoisotopic (exact) mass is 251 g/mol. The van der Waals surface area contributed by atoms with Crippen molar-refractivity contribution in [2.75, 3.05) is 0 Å². The lowest BCUT2D eigenvalue weighted by atomic mass is 10.3. The average molecular weight is 251 g/mol. The normalized spacial score (nSPS) is 10.6. The van der Waals surface area contributed by atoms with Crippen molar-refractivity contribution in [1.29, 1.82) is 0 Å². The number of thiazole rings is 1. The van der Waals surface area contributed by atoms with Gasteiger partial charge in [0.1, 0.15) is 0 Å². The Morgan fingerprint density at radius 3 is 2.75 bits per heavy atom. The number of carbonyl (C=O) groups excluding carboxylic acids is 1. The third kappa shape index (κ3) is 2.39. The van der Waals surface area contributed by atoms with Gasteiger partial charge in [-0.25, -0.2) is 4.98 Å². The quantitative estimate of drug-likeness (QED) is 0.768. The Hall–Kier alpha value is -1.00. The second-order valence-corrected chi connectivity index (χ2v) is 5.79. The Morgan fingerprint density at radius 1 is 1.31 bits per heavy atom. The van der Waals surface area contributed by atoms with Gasteiger partial charge in [-0.3, -0.25) is 4.79 Å². The van der Waals surface area contributed by atoms with E-state index >= 15 is 0 Å². The van der Waals surface area contributed by atoms with Gasteiger partial charge in [-0.05, 0) is 31.9 Å². The number of aryl methyl sites for hydroxylation is 1. The van der Waals surface area contributed by atoms with Crippen LogP contribution in [0.5, 0.6) is 0 Å². The highest BCUT2D eigenvalue weighted by Crippen LogP contribution is 2.32. The van der Waals surface area contributed by atoms with Crippen molar-refractivity contribution in [2.45, 2.75) is 26.7 Å². The van der Waals surface area contributed by atoms with Crippen LogP contribution in [0.25, 0.3) is 9.75 Å². The number of aromatic nitrogens is 1. The zero-order chi connectivity index (χ0) is 11.5. The zero-order valence-corrected chi connectivity index (χ0v) is 11.0. The molecule has 0 atom stereocenters. The summed E-state index contributed by atoms with van der Waals surface area (Å²) in [6.45, 7) is 3.75. The molecule has 0 aliphatic rings. The van der Waals surface area contributed by atoms with E-state index in [1.165, 1.54) is 9.88 Å². The predicted octanol–water partition coefficient (Wildman–Crippen LogP) is 4.03. The molecule has 0 aliphatic carbocycles. The van der Waals surface area contributed by atoms with Gasteiger partial charge in [0.05, 0.1) is 14.8 Å². The van der Waals surface area contributed by atoms with E-state index in [2.05, 4.69) is 11.9 Å². The molecule has 0 aliphatic heterocycles. The van der Waals surface area contributed by atoms with E-state index in [-0.39, 0.29) is 5.78 Å². The van der Waals surface area contributed by atoms with Crippen LogP contribution in [0.2, 0.25) is 0 Å². The van der Waals surface area contributed by atoms with E-state index in [1.807, 2.05) is 18.3 Å². The molecule has 0 saturated carbocycles. The van der Waals surface area contributed by atoms with Crippen LogP contribution in [0.4, 0.5) is 0 Å². The highest BCUT2D eigenvalue weighted by molar-refractivity contribution is 7.22. The SMILES string of the molecule is CCCc1ncc(-c2ccc(C(C)=O)s2)s1. The molecule has 0 spiro atoms. The first-order chi connectivity index (χ1) is 7.70. The third-order valence-corrected chi connectivity index (χ3v) is 4.65. The first-order valence-corrected chi connectivity index (χ1v) is 6.90. The number of carbonyl (C=O) groups is 1. The van der Waals surface area contributed by atoms with Crippen molar-refractivity contribution >= 4 is 28.5 Å². The van der Waals surface area contributed by atoms with E-state index in [4.69, 9.17) is 0 Å². The van der Waals surface area contributed by atoms with Gasteiger partial charge in [0.15, 0.2) is 5.78 Å². The minimum absolute atomic E-state index is 0.134. The molecular formula is C12H13NOS2. The number of hydrogen-bond acceptors (Lipinski definition) is 4. The van der Waals surface area contributed by atoms with Gasteiger partial charge >= 0.3 is 0 Å².